The van der Waals surface area contributed by atoms with E-state index in [4.69, 9.17) is 9.47 Å². The van der Waals surface area contributed by atoms with Gasteiger partial charge in [0, 0.05) is 13.2 Å². The maximum atomic E-state index is 12.8. The van der Waals surface area contributed by atoms with Crippen LogP contribution in [0.1, 0.15) is 19.4 Å². The number of hydrogen-bond donors (Lipinski definition) is 0. The summed E-state index contributed by atoms with van der Waals surface area (Å²) in [4.78, 5) is 0.603. The van der Waals surface area contributed by atoms with Crippen molar-refractivity contribution in [3.05, 3.63) is 52.8 Å². The quantitative estimate of drug-likeness (QED) is 0.521. The highest BCUT2D eigenvalue weighted by Crippen LogP contribution is 2.24. The third-order valence-corrected chi connectivity index (χ3v) is 6.58. The molecule has 150 valence electrons. The number of thiazole rings is 1. The van der Waals surface area contributed by atoms with E-state index in [1.54, 1.807) is 24.3 Å². The minimum absolute atomic E-state index is 0.182. The number of aromatic nitrogens is 1. The van der Waals surface area contributed by atoms with E-state index in [0.717, 1.165) is 21.5 Å². The van der Waals surface area contributed by atoms with Crippen molar-refractivity contribution in [2.45, 2.75) is 32.2 Å². The van der Waals surface area contributed by atoms with Gasteiger partial charge < -0.3 is 14.0 Å². The minimum atomic E-state index is -3.81. The molecule has 8 heteroatoms. The SMILES string of the molecule is CCOCCn1/c(=N/S(=O)(=O)c2ccc(C)cc2)sc2cc(OCC)ccc21. The lowest BCUT2D eigenvalue weighted by Crippen LogP contribution is -2.19. The van der Waals surface area contributed by atoms with E-state index in [-0.39, 0.29) is 4.90 Å². The Kier molecular flexibility index (Phi) is 6.53. The number of sulfonamides is 1. The van der Waals surface area contributed by atoms with E-state index in [1.807, 2.05) is 43.5 Å². The van der Waals surface area contributed by atoms with Crippen LogP contribution in [-0.4, -0.2) is 32.8 Å². The van der Waals surface area contributed by atoms with Crippen LogP contribution in [0, 0.1) is 6.92 Å². The first-order chi connectivity index (χ1) is 13.4. The predicted octanol–water partition coefficient (Wildman–Crippen LogP) is 3.74. The van der Waals surface area contributed by atoms with Crippen LogP contribution in [-0.2, 0) is 21.3 Å². The fraction of sp³-hybridized carbons (Fsp3) is 0.350. The first-order valence-corrected chi connectivity index (χ1v) is 11.4. The van der Waals surface area contributed by atoms with Gasteiger partial charge in [-0.1, -0.05) is 29.0 Å². The first kappa shape index (κ1) is 20.6. The van der Waals surface area contributed by atoms with Gasteiger partial charge in [0.15, 0.2) is 0 Å². The van der Waals surface area contributed by atoms with E-state index in [0.29, 0.717) is 31.2 Å². The van der Waals surface area contributed by atoms with Crippen molar-refractivity contribution in [1.29, 1.82) is 0 Å². The molecule has 0 aliphatic carbocycles. The third kappa shape index (κ3) is 4.63. The zero-order valence-electron chi connectivity index (χ0n) is 16.2. The average molecular weight is 421 g/mol. The zero-order chi connectivity index (χ0) is 20.1. The van der Waals surface area contributed by atoms with Gasteiger partial charge >= 0.3 is 0 Å². The van der Waals surface area contributed by atoms with Crippen LogP contribution in [0.2, 0.25) is 0 Å². The lowest BCUT2D eigenvalue weighted by Gasteiger charge is -2.07. The molecule has 0 aliphatic rings. The number of hydrogen-bond acceptors (Lipinski definition) is 5. The monoisotopic (exact) mass is 420 g/mol. The maximum absolute atomic E-state index is 12.8. The Hall–Kier alpha value is -2.16. The van der Waals surface area contributed by atoms with Crippen molar-refractivity contribution < 1.29 is 17.9 Å². The molecule has 0 fully saturated rings. The van der Waals surface area contributed by atoms with E-state index in [9.17, 15) is 8.42 Å². The number of fused-ring (bicyclic) bond motifs is 1. The number of ether oxygens (including phenoxy) is 2. The summed E-state index contributed by atoms with van der Waals surface area (Å²) >= 11 is 1.33. The Morgan fingerprint density at radius 3 is 2.50 bits per heavy atom. The Balaban J connectivity index is 2.12. The van der Waals surface area contributed by atoms with Crippen molar-refractivity contribution in [3.63, 3.8) is 0 Å². The van der Waals surface area contributed by atoms with Crippen molar-refractivity contribution in [2.75, 3.05) is 19.8 Å². The van der Waals surface area contributed by atoms with E-state index >= 15 is 0 Å². The number of benzene rings is 2. The molecule has 0 bridgehead atoms. The Morgan fingerprint density at radius 2 is 1.82 bits per heavy atom. The molecule has 3 aromatic rings. The summed E-state index contributed by atoms with van der Waals surface area (Å²) in [6, 6.07) is 12.4. The minimum Gasteiger partial charge on any atom is -0.494 e. The van der Waals surface area contributed by atoms with E-state index in [2.05, 4.69) is 4.40 Å². The molecule has 0 spiro atoms. The summed E-state index contributed by atoms with van der Waals surface area (Å²) in [6.07, 6.45) is 0. The second-order valence-electron chi connectivity index (χ2n) is 6.18. The Bertz CT molecular complexity index is 1110. The molecule has 0 aliphatic heterocycles. The second kappa shape index (κ2) is 8.89. The van der Waals surface area contributed by atoms with Gasteiger partial charge in [-0.2, -0.15) is 8.42 Å². The topological polar surface area (TPSA) is 69.9 Å². The fourth-order valence-electron chi connectivity index (χ4n) is 2.76. The van der Waals surface area contributed by atoms with Gasteiger partial charge in [0.1, 0.15) is 5.75 Å². The molecule has 1 aromatic heterocycles. The standard InChI is InChI=1S/C20H24N2O4S2/c1-4-25-13-12-22-18-11-8-16(26-5-2)14-19(18)27-20(22)21-28(23,24)17-9-6-15(3)7-10-17/h6-11,14H,4-5,12-13H2,1-3H3/b21-20-. The van der Waals surface area contributed by atoms with Crippen molar-refractivity contribution in [1.82, 2.24) is 4.57 Å². The van der Waals surface area contributed by atoms with Crippen molar-refractivity contribution in [2.24, 2.45) is 4.40 Å². The van der Waals surface area contributed by atoms with Crippen LogP contribution in [0.4, 0.5) is 0 Å². The first-order valence-electron chi connectivity index (χ1n) is 9.16. The largest absolute Gasteiger partial charge is 0.494 e. The molecule has 2 aromatic carbocycles. The van der Waals surface area contributed by atoms with Crippen LogP contribution in [0.15, 0.2) is 51.8 Å². The number of nitrogens with zero attached hydrogens (tertiary/aromatic N) is 2. The number of aryl methyl sites for hydroxylation is 1. The summed E-state index contributed by atoms with van der Waals surface area (Å²) < 4.78 is 43.6. The molecular weight excluding hydrogens is 396 g/mol. The van der Waals surface area contributed by atoms with Crippen LogP contribution in [0.3, 0.4) is 0 Å². The van der Waals surface area contributed by atoms with Crippen LogP contribution in [0.5, 0.6) is 5.75 Å². The second-order valence-corrected chi connectivity index (χ2v) is 8.79. The van der Waals surface area contributed by atoms with Crippen molar-refractivity contribution in [3.8, 4) is 5.75 Å². The van der Waals surface area contributed by atoms with Gasteiger partial charge in [-0.15, -0.1) is 4.40 Å². The lowest BCUT2D eigenvalue weighted by atomic mass is 10.2. The summed E-state index contributed by atoms with van der Waals surface area (Å²) in [7, 11) is -3.81. The molecule has 0 amide bonds. The smallest absolute Gasteiger partial charge is 0.285 e. The molecule has 0 atom stereocenters. The average Bonchev–Trinajstić information content (AvgIpc) is 2.98. The molecular formula is C20H24N2O4S2. The van der Waals surface area contributed by atoms with Gasteiger partial charge in [0.05, 0.1) is 28.3 Å². The molecule has 6 nitrogen and oxygen atoms in total. The highest BCUT2D eigenvalue weighted by Gasteiger charge is 2.15. The number of rotatable bonds is 8. The molecule has 0 saturated carbocycles. The predicted molar refractivity (Wildman–Crippen MR) is 111 cm³/mol. The molecule has 0 N–H and O–H groups in total. The van der Waals surface area contributed by atoms with Crippen LogP contribution >= 0.6 is 11.3 Å². The molecule has 3 rings (SSSR count). The van der Waals surface area contributed by atoms with E-state index in [1.165, 1.54) is 11.3 Å². The molecule has 28 heavy (non-hydrogen) atoms. The van der Waals surface area contributed by atoms with Gasteiger partial charge in [-0.25, -0.2) is 0 Å². The Morgan fingerprint density at radius 1 is 1.07 bits per heavy atom. The van der Waals surface area contributed by atoms with Gasteiger partial charge in [-0.05, 0) is 51.1 Å². The summed E-state index contributed by atoms with van der Waals surface area (Å²) in [5.41, 5.74) is 1.90. The molecule has 0 saturated heterocycles. The van der Waals surface area contributed by atoms with Gasteiger partial charge in [0.2, 0.25) is 4.80 Å². The van der Waals surface area contributed by atoms with E-state index < -0.39 is 10.0 Å². The normalized spacial score (nSPS) is 12.6. The summed E-state index contributed by atoms with van der Waals surface area (Å²) in [5.74, 6) is 0.751. The highest BCUT2D eigenvalue weighted by atomic mass is 32.2. The Labute approximate surface area is 169 Å². The van der Waals surface area contributed by atoms with Crippen LogP contribution in [0.25, 0.3) is 10.2 Å². The molecule has 1 heterocycles. The van der Waals surface area contributed by atoms with Crippen molar-refractivity contribution >= 4 is 31.6 Å². The summed E-state index contributed by atoms with van der Waals surface area (Å²) in [6.45, 7) is 7.94. The summed E-state index contributed by atoms with van der Waals surface area (Å²) in [5, 5.41) is 0. The molecule has 0 radical (unpaired) electrons. The van der Waals surface area contributed by atoms with Gasteiger partial charge in [0.25, 0.3) is 10.0 Å². The highest BCUT2D eigenvalue weighted by molar-refractivity contribution is 7.90. The fourth-order valence-corrected chi connectivity index (χ4v) is 5.05. The van der Waals surface area contributed by atoms with Crippen LogP contribution < -0.4 is 9.54 Å². The molecule has 0 unspecified atom stereocenters. The third-order valence-electron chi connectivity index (χ3n) is 4.15. The zero-order valence-corrected chi connectivity index (χ0v) is 17.8. The van der Waals surface area contributed by atoms with Gasteiger partial charge in [-0.3, -0.25) is 0 Å². The maximum Gasteiger partial charge on any atom is 0.285 e. The lowest BCUT2D eigenvalue weighted by molar-refractivity contribution is 0.139.